The van der Waals surface area contributed by atoms with Gasteiger partial charge in [-0.15, -0.1) is 0 Å². The summed E-state index contributed by atoms with van der Waals surface area (Å²) in [6.07, 6.45) is 1.58. The number of fused-ring (bicyclic) bond motifs is 1. The Hall–Kier alpha value is -2.99. The fourth-order valence-corrected chi connectivity index (χ4v) is 3.54. The molecule has 1 N–H and O–H groups in total. The number of hydrogen-bond donors (Lipinski definition) is 1. The third-order valence-corrected chi connectivity index (χ3v) is 5.09. The number of anilines is 2. The number of halogens is 1. The lowest BCUT2D eigenvalue weighted by molar-refractivity contribution is 0.0303. The van der Waals surface area contributed by atoms with E-state index in [9.17, 15) is 9.18 Å². The Morgan fingerprint density at radius 3 is 2.54 bits per heavy atom. The average molecular weight is 379 g/mol. The van der Waals surface area contributed by atoms with Crippen LogP contribution in [0.25, 0.3) is 10.9 Å². The highest BCUT2D eigenvalue weighted by atomic mass is 19.1. The number of carbonyl (C=O) groups is 1. The lowest BCUT2D eigenvalue weighted by atomic mass is 10.0. The van der Waals surface area contributed by atoms with Gasteiger partial charge in [-0.05, 0) is 43.2 Å². The minimum Gasteiger partial charge on any atom is -0.378 e. The summed E-state index contributed by atoms with van der Waals surface area (Å²) in [5, 5.41) is 4.00. The summed E-state index contributed by atoms with van der Waals surface area (Å²) in [4.78, 5) is 19.4. The Morgan fingerprint density at radius 1 is 1.11 bits per heavy atom. The minimum atomic E-state index is -0.366. The number of rotatable bonds is 3. The molecule has 0 aliphatic carbocycles. The fourth-order valence-electron chi connectivity index (χ4n) is 3.54. The zero-order valence-electron chi connectivity index (χ0n) is 16.0. The van der Waals surface area contributed by atoms with Crippen LogP contribution in [0, 0.1) is 19.7 Å². The number of aryl methyl sites for hydroxylation is 2. The van der Waals surface area contributed by atoms with Crippen LogP contribution in [-0.4, -0.2) is 42.1 Å². The van der Waals surface area contributed by atoms with Crippen molar-refractivity contribution in [3.05, 3.63) is 65.1 Å². The highest BCUT2D eigenvalue weighted by Gasteiger charge is 2.23. The van der Waals surface area contributed by atoms with Gasteiger partial charge in [0.05, 0.1) is 30.0 Å². The molecule has 28 heavy (non-hydrogen) atoms. The zero-order chi connectivity index (χ0) is 19.7. The number of aromatic nitrogens is 1. The normalized spacial score (nSPS) is 14.3. The Morgan fingerprint density at radius 2 is 1.82 bits per heavy atom. The number of nitrogens with one attached hydrogen (secondary N) is 1. The van der Waals surface area contributed by atoms with Gasteiger partial charge in [-0.1, -0.05) is 18.2 Å². The van der Waals surface area contributed by atoms with Crippen molar-refractivity contribution >= 4 is 28.2 Å². The highest BCUT2D eigenvalue weighted by molar-refractivity contribution is 6.08. The topological polar surface area (TPSA) is 54.5 Å². The Bertz CT molecular complexity index is 1030. The van der Waals surface area contributed by atoms with E-state index in [0.717, 1.165) is 16.8 Å². The van der Waals surface area contributed by atoms with Crippen LogP contribution >= 0.6 is 0 Å². The fraction of sp³-hybridized carbons (Fsp3) is 0.273. The van der Waals surface area contributed by atoms with Crippen LogP contribution in [0.3, 0.4) is 0 Å². The number of hydrogen-bond acceptors (Lipinski definition) is 4. The summed E-state index contributed by atoms with van der Waals surface area (Å²) in [5.41, 5.74) is 4.65. The van der Waals surface area contributed by atoms with E-state index in [1.54, 1.807) is 17.2 Å². The summed E-state index contributed by atoms with van der Waals surface area (Å²) >= 11 is 0. The maximum Gasteiger partial charge on any atom is 0.257 e. The van der Waals surface area contributed by atoms with E-state index in [1.807, 2.05) is 32.0 Å². The van der Waals surface area contributed by atoms with E-state index in [0.29, 0.717) is 48.5 Å². The Labute approximate surface area is 163 Å². The average Bonchev–Trinajstić information content (AvgIpc) is 2.71. The molecule has 1 aromatic heterocycles. The van der Waals surface area contributed by atoms with Crippen molar-refractivity contribution < 1.29 is 13.9 Å². The van der Waals surface area contributed by atoms with Gasteiger partial charge in [-0.25, -0.2) is 4.39 Å². The van der Waals surface area contributed by atoms with Gasteiger partial charge in [0.1, 0.15) is 5.82 Å². The first-order valence-electron chi connectivity index (χ1n) is 9.33. The molecule has 2 heterocycles. The number of amides is 1. The van der Waals surface area contributed by atoms with Crippen LogP contribution in [0.1, 0.15) is 21.5 Å². The molecule has 0 unspecified atom stereocenters. The van der Waals surface area contributed by atoms with Crippen molar-refractivity contribution in [3.8, 4) is 0 Å². The molecule has 5 nitrogen and oxygen atoms in total. The van der Waals surface area contributed by atoms with Crippen molar-refractivity contribution in [2.45, 2.75) is 13.8 Å². The lowest BCUT2D eigenvalue weighted by Gasteiger charge is -2.28. The first-order chi connectivity index (χ1) is 13.5. The van der Waals surface area contributed by atoms with Gasteiger partial charge >= 0.3 is 0 Å². The molecule has 1 aliphatic rings. The van der Waals surface area contributed by atoms with Gasteiger partial charge < -0.3 is 15.0 Å². The second kappa shape index (κ2) is 7.56. The second-order valence-corrected chi connectivity index (χ2v) is 7.00. The molecule has 0 bridgehead atoms. The number of carbonyl (C=O) groups excluding carboxylic acids is 1. The molecule has 144 valence electrons. The first-order valence-corrected chi connectivity index (χ1v) is 9.33. The summed E-state index contributed by atoms with van der Waals surface area (Å²) in [7, 11) is 0. The molecule has 1 amide bonds. The molecule has 0 spiro atoms. The number of ether oxygens (including phenoxy) is 1. The first kappa shape index (κ1) is 18.4. The van der Waals surface area contributed by atoms with Crippen molar-refractivity contribution in [2.75, 3.05) is 31.6 Å². The molecular formula is C22H22FN3O2. The van der Waals surface area contributed by atoms with Crippen LogP contribution < -0.4 is 5.32 Å². The largest absolute Gasteiger partial charge is 0.378 e. The number of benzene rings is 2. The van der Waals surface area contributed by atoms with Crippen molar-refractivity contribution in [1.82, 2.24) is 9.88 Å². The molecule has 4 rings (SSSR count). The predicted molar refractivity (Wildman–Crippen MR) is 108 cm³/mol. The molecule has 1 saturated heterocycles. The quantitative estimate of drug-likeness (QED) is 0.741. The SMILES string of the molecule is Cc1cccc(C)c1Nc1c(C(=O)N2CCOCC2)cnc2ccc(F)cc12. The molecule has 1 fully saturated rings. The smallest absolute Gasteiger partial charge is 0.257 e. The molecule has 0 atom stereocenters. The van der Waals surface area contributed by atoms with E-state index in [2.05, 4.69) is 10.3 Å². The summed E-state index contributed by atoms with van der Waals surface area (Å²) in [6, 6.07) is 10.4. The Balaban J connectivity index is 1.87. The molecule has 2 aromatic carbocycles. The van der Waals surface area contributed by atoms with E-state index >= 15 is 0 Å². The number of para-hydroxylation sites is 1. The molecule has 1 aliphatic heterocycles. The van der Waals surface area contributed by atoms with Gasteiger partial charge in [0.2, 0.25) is 0 Å². The van der Waals surface area contributed by atoms with Gasteiger partial charge in [0, 0.05) is 30.4 Å². The Kier molecular flexibility index (Phi) is 4.96. The number of pyridine rings is 1. The highest BCUT2D eigenvalue weighted by Crippen LogP contribution is 2.33. The third kappa shape index (κ3) is 3.43. The monoisotopic (exact) mass is 379 g/mol. The summed E-state index contributed by atoms with van der Waals surface area (Å²) in [6.45, 7) is 6.10. The van der Waals surface area contributed by atoms with Crippen LogP contribution in [0.2, 0.25) is 0 Å². The number of nitrogens with zero attached hydrogens (tertiary/aromatic N) is 2. The molecule has 3 aromatic rings. The minimum absolute atomic E-state index is 0.129. The van der Waals surface area contributed by atoms with Gasteiger partial charge in [-0.3, -0.25) is 9.78 Å². The van der Waals surface area contributed by atoms with Crippen LogP contribution in [0.4, 0.5) is 15.8 Å². The van der Waals surface area contributed by atoms with E-state index in [-0.39, 0.29) is 11.7 Å². The maximum absolute atomic E-state index is 14.0. The second-order valence-electron chi connectivity index (χ2n) is 7.00. The van der Waals surface area contributed by atoms with Gasteiger partial charge in [0.25, 0.3) is 5.91 Å². The zero-order valence-corrected chi connectivity index (χ0v) is 16.0. The van der Waals surface area contributed by atoms with Gasteiger partial charge in [-0.2, -0.15) is 0 Å². The van der Waals surface area contributed by atoms with E-state index in [1.165, 1.54) is 12.1 Å². The van der Waals surface area contributed by atoms with Crippen molar-refractivity contribution in [1.29, 1.82) is 0 Å². The molecule has 0 radical (unpaired) electrons. The molecular weight excluding hydrogens is 357 g/mol. The van der Waals surface area contributed by atoms with Crippen molar-refractivity contribution in [3.63, 3.8) is 0 Å². The lowest BCUT2D eigenvalue weighted by Crippen LogP contribution is -2.41. The molecule has 0 saturated carbocycles. The summed E-state index contributed by atoms with van der Waals surface area (Å²) < 4.78 is 19.4. The van der Waals surface area contributed by atoms with Crippen molar-refractivity contribution in [2.24, 2.45) is 0 Å². The standard InChI is InChI=1S/C22H22FN3O2/c1-14-4-3-5-15(2)20(14)25-21-17-12-16(23)6-7-19(17)24-13-18(21)22(27)26-8-10-28-11-9-26/h3-7,12-13H,8-11H2,1-2H3,(H,24,25). The summed E-state index contributed by atoms with van der Waals surface area (Å²) in [5.74, 6) is -0.495. The molecule has 6 heteroatoms. The maximum atomic E-state index is 14.0. The van der Waals surface area contributed by atoms with E-state index in [4.69, 9.17) is 4.74 Å². The number of morpholine rings is 1. The van der Waals surface area contributed by atoms with Crippen LogP contribution in [0.15, 0.2) is 42.6 Å². The van der Waals surface area contributed by atoms with Crippen LogP contribution in [0.5, 0.6) is 0 Å². The van der Waals surface area contributed by atoms with Gasteiger partial charge in [0.15, 0.2) is 0 Å². The predicted octanol–water partition coefficient (Wildman–Crippen LogP) is 4.21. The third-order valence-electron chi connectivity index (χ3n) is 5.09. The van der Waals surface area contributed by atoms with Crippen LogP contribution in [-0.2, 0) is 4.74 Å². The van der Waals surface area contributed by atoms with E-state index < -0.39 is 0 Å².